The molecule has 0 radical (unpaired) electrons. The maximum Gasteiger partial charge on any atom is 0.417 e. The van der Waals surface area contributed by atoms with Crippen LogP contribution in [0.2, 0.25) is 0 Å². The van der Waals surface area contributed by atoms with E-state index in [-0.39, 0.29) is 35.2 Å². The van der Waals surface area contributed by atoms with Crippen LogP contribution in [0.3, 0.4) is 0 Å². The number of nitrogen functional groups attached to an aromatic ring is 1. The zero-order valence-corrected chi connectivity index (χ0v) is 10.4. The first-order chi connectivity index (χ1) is 9.39. The lowest BCUT2D eigenvalue weighted by atomic mass is 9.99. The van der Waals surface area contributed by atoms with E-state index >= 15 is 0 Å². The van der Waals surface area contributed by atoms with Crippen LogP contribution in [-0.2, 0) is 13.2 Å². The highest BCUT2D eigenvalue weighted by Gasteiger charge is 2.38. The number of aromatic nitrogens is 2. The molecule has 0 amide bonds. The number of hydrogen-bond donors (Lipinski definition) is 1. The molecular formula is C12H10F3N3O2. The average molecular weight is 285 g/mol. The summed E-state index contributed by atoms with van der Waals surface area (Å²) in [4.78, 5) is 0. The van der Waals surface area contributed by atoms with Crippen molar-refractivity contribution in [3.63, 3.8) is 0 Å². The Labute approximate surface area is 111 Å². The van der Waals surface area contributed by atoms with Crippen molar-refractivity contribution in [1.29, 1.82) is 0 Å². The van der Waals surface area contributed by atoms with Crippen LogP contribution in [-0.4, -0.2) is 16.6 Å². The van der Waals surface area contributed by atoms with Crippen molar-refractivity contribution >= 4 is 5.82 Å². The Hall–Kier alpha value is -2.38. The van der Waals surface area contributed by atoms with Crippen LogP contribution in [0.25, 0.3) is 11.1 Å². The SMILES string of the molecule is Cn1ncc(-c2c(C(F)(F)F)ccc3c2OCO3)c1N. The van der Waals surface area contributed by atoms with Gasteiger partial charge >= 0.3 is 6.18 Å². The summed E-state index contributed by atoms with van der Waals surface area (Å²) in [6.07, 6.45) is -3.25. The summed E-state index contributed by atoms with van der Waals surface area (Å²) < 4.78 is 51.1. The molecule has 0 fully saturated rings. The molecule has 0 saturated carbocycles. The minimum absolute atomic E-state index is 0.0412. The minimum atomic E-state index is -4.53. The fraction of sp³-hybridized carbons (Fsp3) is 0.250. The van der Waals surface area contributed by atoms with Crippen LogP contribution in [0, 0.1) is 0 Å². The molecule has 20 heavy (non-hydrogen) atoms. The molecule has 5 nitrogen and oxygen atoms in total. The van der Waals surface area contributed by atoms with Crippen LogP contribution in [0.5, 0.6) is 11.5 Å². The Morgan fingerprint density at radius 2 is 2.05 bits per heavy atom. The summed E-state index contributed by atoms with van der Waals surface area (Å²) in [6.45, 7) is -0.121. The van der Waals surface area contributed by atoms with Crippen LogP contribution >= 0.6 is 0 Å². The van der Waals surface area contributed by atoms with E-state index in [4.69, 9.17) is 15.2 Å². The number of nitrogens with two attached hydrogens (primary N) is 1. The third-order valence-electron chi connectivity index (χ3n) is 3.10. The van der Waals surface area contributed by atoms with E-state index in [9.17, 15) is 13.2 Å². The second-order valence-corrected chi connectivity index (χ2v) is 4.29. The van der Waals surface area contributed by atoms with Gasteiger partial charge in [0.25, 0.3) is 0 Å². The quantitative estimate of drug-likeness (QED) is 0.874. The molecule has 0 aliphatic carbocycles. The second kappa shape index (κ2) is 4.06. The molecular weight excluding hydrogens is 275 g/mol. The van der Waals surface area contributed by atoms with Crippen molar-refractivity contribution in [2.75, 3.05) is 12.5 Å². The average Bonchev–Trinajstić information content (AvgIpc) is 2.96. The topological polar surface area (TPSA) is 62.3 Å². The van der Waals surface area contributed by atoms with E-state index in [1.165, 1.54) is 16.9 Å². The third-order valence-corrected chi connectivity index (χ3v) is 3.10. The fourth-order valence-electron chi connectivity index (χ4n) is 2.12. The summed E-state index contributed by atoms with van der Waals surface area (Å²) in [5.74, 6) is 0.426. The maximum atomic E-state index is 13.2. The monoisotopic (exact) mass is 285 g/mol. The molecule has 2 aromatic rings. The fourth-order valence-corrected chi connectivity index (χ4v) is 2.12. The Kier molecular flexibility index (Phi) is 2.56. The standard InChI is InChI=1S/C12H10F3N3O2/c1-18-11(16)6(4-17-18)9-7(12(13,14)15)2-3-8-10(9)20-5-19-8/h2-4H,5,16H2,1H3. The van der Waals surface area contributed by atoms with Crippen LogP contribution < -0.4 is 15.2 Å². The number of ether oxygens (including phenoxy) is 2. The zero-order chi connectivity index (χ0) is 14.5. The van der Waals surface area contributed by atoms with Gasteiger partial charge in [0.15, 0.2) is 11.5 Å². The molecule has 1 aliphatic heterocycles. The Bertz CT molecular complexity index is 679. The number of alkyl halides is 3. The molecule has 8 heteroatoms. The summed E-state index contributed by atoms with van der Waals surface area (Å²) in [6, 6.07) is 2.19. The van der Waals surface area contributed by atoms with E-state index < -0.39 is 11.7 Å². The first-order valence-corrected chi connectivity index (χ1v) is 5.67. The molecule has 1 aromatic heterocycles. The predicted octanol–water partition coefficient (Wildman–Crippen LogP) is 2.42. The summed E-state index contributed by atoms with van der Waals surface area (Å²) in [5.41, 5.74) is 4.97. The van der Waals surface area contributed by atoms with E-state index in [1.54, 1.807) is 7.05 Å². The van der Waals surface area contributed by atoms with E-state index in [2.05, 4.69) is 5.10 Å². The molecule has 1 aromatic carbocycles. The van der Waals surface area contributed by atoms with Crippen molar-refractivity contribution in [2.45, 2.75) is 6.18 Å². The number of fused-ring (bicyclic) bond motifs is 1. The molecule has 0 spiro atoms. The van der Waals surface area contributed by atoms with Gasteiger partial charge in [0.05, 0.1) is 11.8 Å². The van der Waals surface area contributed by atoms with Gasteiger partial charge in [-0.05, 0) is 12.1 Å². The lowest BCUT2D eigenvalue weighted by molar-refractivity contribution is -0.137. The van der Waals surface area contributed by atoms with Gasteiger partial charge in [-0.2, -0.15) is 18.3 Å². The van der Waals surface area contributed by atoms with Gasteiger partial charge in [-0.15, -0.1) is 0 Å². The zero-order valence-electron chi connectivity index (χ0n) is 10.4. The highest BCUT2D eigenvalue weighted by atomic mass is 19.4. The van der Waals surface area contributed by atoms with Gasteiger partial charge < -0.3 is 15.2 Å². The molecule has 2 N–H and O–H groups in total. The first kappa shape index (κ1) is 12.6. The van der Waals surface area contributed by atoms with Crippen LogP contribution in [0.1, 0.15) is 5.56 Å². The predicted molar refractivity (Wildman–Crippen MR) is 64.2 cm³/mol. The van der Waals surface area contributed by atoms with Crippen LogP contribution in [0.4, 0.5) is 19.0 Å². The van der Waals surface area contributed by atoms with E-state index in [0.717, 1.165) is 6.07 Å². The molecule has 106 valence electrons. The number of halogens is 3. The summed E-state index contributed by atoms with van der Waals surface area (Å²) >= 11 is 0. The molecule has 2 heterocycles. The molecule has 3 rings (SSSR count). The number of hydrogen-bond acceptors (Lipinski definition) is 4. The lowest BCUT2D eigenvalue weighted by Gasteiger charge is -2.14. The summed E-state index contributed by atoms with van der Waals surface area (Å²) in [5, 5.41) is 3.87. The number of anilines is 1. The Balaban J connectivity index is 2.32. The maximum absolute atomic E-state index is 13.2. The van der Waals surface area contributed by atoms with Crippen molar-refractivity contribution < 1.29 is 22.6 Å². The molecule has 0 atom stereocenters. The number of nitrogens with zero attached hydrogens (tertiary/aromatic N) is 2. The van der Waals surface area contributed by atoms with Crippen molar-refractivity contribution in [2.24, 2.45) is 7.05 Å². The minimum Gasteiger partial charge on any atom is -0.454 e. The second-order valence-electron chi connectivity index (χ2n) is 4.29. The van der Waals surface area contributed by atoms with Gasteiger partial charge in [0.2, 0.25) is 6.79 Å². The van der Waals surface area contributed by atoms with Gasteiger partial charge in [-0.25, -0.2) is 0 Å². The first-order valence-electron chi connectivity index (χ1n) is 5.67. The third kappa shape index (κ3) is 1.75. The summed E-state index contributed by atoms with van der Waals surface area (Å²) in [7, 11) is 1.55. The number of rotatable bonds is 1. The van der Waals surface area contributed by atoms with Crippen molar-refractivity contribution in [3.05, 3.63) is 23.9 Å². The van der Waals surface area contributed by atoms with Gasteiger partial charge in [-0.3, -0.25) is 4.68 Å². The highest BCUT2D eigenvalue weighted by molar-refractivity contribution is 5.83. The van der Waals surface area contributed by atoms with E-state index in [1.807, 2.05) is 0 Å². The smallest absolute Gasteiger partial charge is 0.417 e. The largest absolute Gasteiger partial charge is 0.454 e. The Morgan fingerprint density at radius 3 is 2.65 bits per heavy atom. The van der Waals surface area contributed by atoms with Gasteiger partial charge in [0, 0.05) is 18.2 Å². The van der Waals surface area contributed by atoms with Crippen molar-refractivity contribution in [1.82, 2.24) is 9.78 Å². The number of aryl methyl sites for hydroxylation is 1. The molecule has 0 saturated heterocycles. The van der Waals surface area contributed by atoms with Crippen molar-refractivity contribution in [3.8, 4) is 22.6 Å². The van der Waals surface area contributed by atoms with Gasteiger partial charge in [0.1, 0.15) is 5.82 Å². The Morgan fingerprint density at radius 1 is 1.30 bits per heavy atom. The van der Waals surface area contributed by atoms with Crippen LogP contribution in [0.15, 0.2) is 18.3 Å². The van der Waals surface area contributed by atoms with Gasteiger partial charge in [-0.1, -0.05) is 0 Å². The normalized spacial score (nSPS) is 13.8. The highest BCUT2D eigenvalue weighted by Crippen LogP contribution is 2.49. The van der Waals surface area contributed by atoms with E-state index in [0.29, 0.717) is 0 Å². The molecule has 0 unspecified atom stereocenters. The lowest BCUT2D eigenvalue weighted by Crippen LogP contribution is -2.08. The molecule has 0 bridgehead atoms. The molecule has 1 aliphatic rings. The number of benzene rings is 1.